The van der Waals surface area contributed by atoms with Gasteiger partial charge in [0.15, 0.2) is 0 Å². The first kappa shape index (κ1) is 17.0. The Labute approximate surface area is 154 Å². The third-order valence-corrected chi connectivity index (χ3v) is 5.97. The van der Waals surface area contributed by atoms with Gasteiger partial charge in [-0.3, -0.25) is 9.59 Å². The summed E-state index contributed by atoms with van der Waals surface area (Å²) in [6.45, 7) is 0. The van der Waals surface area contributed by atoms with E-state index in [1.807, 2.05) is 36.4 Å². The van der Waals surface area contributed by atoms with Crippen molar-refractivity contribution < 1.29 is 9.59 Å². The van der Waals surface area contributed by atoms with Crippen LogP contribution in [0.3, 0.4) is 0 Å². The summed E-state index contributed by atoms with van der Waals surface area (Å²) in [4.78, 5) is 25.4. The molecule has 0 aromatic heterocycles. The monoisotopic (exact) mass is 347 g/mol. The van der Waals surface area contributed by atoms with E-state index in [0.717, 1.165) is 43.2 Å². The molecule has 0 saturated heterocycles. The second kappa shape index (κ2) is 7.45. The average Bonchev–Trinajstić information content (AvgIpc) is 2.67. The summed E-state index contributed by atoms with van der Waals surface area (Å²) in [6.07, 6.45) is 4.49. The highest BCUT2D eigenvalue weighted by Gasteiger charge is 2.41. The molecular weight excluding hydrogens is 322 g/mol. The van der Waals surface area contributed by atoms with Gasteiger partial charge in [0.05, 0.1) is 6.04 Å². The van der Waals surface area contributed by atoms with Crippen LogP contribution in [-0.2, 0) is 9.59 Å². The Hall–Kier alpha value is -2.42. The predicted molar refractivity (Wildman–Crippen MR) is 101 cm³/mol. The first-order valence-electron chi connectivity index (χ1n) is 9.66. The highest BCUT2D eigenvalue weighted by molar-refractivity contribution is 5.88. The first-order valence-corrected chi connectivity index (χ1v) is 9.66. The van der Waals surface area contributed by atoms with E-state index in [1.165, 1.54) is 0 Å². The van der Waals surface area contributed by atoms with Crippen molar-refractivity contribution in [1.29, 1.82) is 0 Å². The minimum absolute atomic E-state index is 0.0436. The summed E-state index contributed by atoms with van der Waals surface area (Å²) in [6, 6.07) is 20.0. The molecule has 134 valence electrons. The fraction of sp³-hybridized carbons (Fsp3) is 0.391. The molecular formula is C23H25NO2. The fourth-order valence-corrected chi connectivity index (χ4v) is 4.60. The number of ketones is 1. The topological polar surface area (TPSA) is 46.2 Å². The molecule has 3 nitrogen and oxygen atoms in total. The normalized spacial score (nSPS) is 25.1. The minimum Gasteiger partial charge on any atom is -0.345 e. The van der Waals surface area contributed by atoms with Crippen LogP contribution in [0.15, 0.2) is 60.7 Å². The van der Waals surface area contributed by atoms with Gasteiger partial charge in [-0.2, -0.15) is 0 Å². The van der Waals surface area contributed by atoms with Crippen molar-refractivity contribution >= 4 is 11.7 Å². The minimum atomic E-state index is -0.151. The highest BCUT2D eigenvalue weighted by atomic mass is 16.2. The van der Waals surface area contributed by atoms with Gasteiger partial charge in [-0.1, -0.05) is 67.1 Å². The molecule has 2 aliphatic carbocycles. The largest absolute Gasteiger partial charge is 0.345 e. The summed E-state index contributed by atoms with van der Waals surface area (Å²) in [5, 5.41) is 3.27. The molecule has 1 N–H and O–H groups in total. The Balaban J connectivity index is 1.54. The van der Waals surface area contributed by atoms with Crippen molar-refractivity contribution in [2.45, 2.75) is 38.1 Å². The number of benzene rings is 2. The molecule has 2 bridgehead atoms. The van der Waals surface area contributed by atoms with E-state index < -0.39 is 0 Å². The van der Waals surface area contributed by atoms with E-state index in [-0.39, 0.29) is 29.7 Å². The van der Waals surface area contributed by atoms with Crippen LogP contribution in [0.25, 0.3) is 0 Å². The molecule has 2 aliphatic rings. The SMILES string of the molecule is O=C(NC(c1ccccc1)c1ccccc1)C1C[C@H]2CCC[C@@H](C1)C2=O. The maximum Gasteiger partial charge on any atom is 0.223 e. The van der Waals surface area contributed by atoms with Crippen molar-refractivity contribution in [3.05, 3.63) is 71.8 Å². The molecule has 0 radical (unpaired) electrons. The number of rotatable bonds is 4. The lowest BCUT2D eigenvalue weighted by molar-refractivity contribution is -0.137. The van der Waals surface area contributed by atoms with E-state index in [0.29, 0.717) is 5.78 Å². The summed E-state index contributed by atoms with van der Waals surface area (Å²) >= 11 is 0. The third-order valence-electron chi connectivity index (χ3n) is 5.97. The van der Waals surface area contributed by atoms with E-state index in [4.69, 9.17) is 0 Å². The van der Waals surface area contributed by atoms with Crippen LogP contribution in [0, 0.1) is 17.8 Å². The molecule has 4 rings (SSSR count). The van der Waals surface area contributed by atoms with Crippen LogP contribution in [0.4, 0.5) is 0 Å². The zero-order valence-corrected chi connectivity index (χ0v) is 14.9. The maximum atomic E-state index is 13.1. The lowest BCUT2D eigenvalue weighted by Crippen LogP contribution is -2.43. The Morgan fingerprint density at radius 1 is 0.846 bits per heavy atom. The van der Waals surface area contributed by atoms with Gasteiger partial charge in [0, 0.05) is 17.8 Å². The van der Waals surface area contributed by atoms with Crippen molar-refractivity contribution in [3.63, 3.8) is 0 Å². The molecule has 2 saturated carbocycles. The molecule has 0 heterocycles. The smallest absolute Gasteiger partial charge is 0.223 e. The molecule has 0 spiro atoms. The fourth-order valence-electron chi connectivity index (χ4n) is 4.60. The first-order chi connectivity index (χ1) is 12.7. The van der Waals surface area contributed by atoms with Crippen molar-refractivity contribution in [3.8, 4) is 0 Å². The van der Waals surface area contributed by atoms with E-state index in [2.05, 4.69) is 29.6 Å². The number of hydrogen-bond acceptors (Lipinski definition) is 2. The Morgan fingerprint density at radius 3 is 1.85 bits per heavy atom. The zero-order valence-electron chi connectivity index (χ0n) is 14.9. The predicted octanol–water partition coefficient (Wildman–Crippen LogP) is 4.29. The summed E-state index contributed by atoms with van der Waals surface area (Å²) < 4.78 is 0. The van der Waals surface area contributed by atoms with E-state index in [9.17, 15) is 9.59 Å². The van der Waals surface area contributed by atoms with Crippen molar-refractivity contribution in [2.24, 2.45) is 17.8 Å². The second-order valence-electron chi connectivity index (χ2n) is 7.66. The average molecular weight is 347 g/mol. The van der Waals surface area contributed by atoms with Crippen LogP contribution in [0.5, 0.6) is 0 Å². The van der Waals surface area contributed by atoms with Crippen molar-refractivity contribution in [1.82, 2.24) is 5.32 Å². The van der Waals surface area contributed by atoms with Gasteiger partial charge in [-0.25, -0.2) is 0 Å². The zero-order chi connectivity index (χ0) is 17.9. The molecule has 3 atom stereocenters. The van der Waals surface area contributed by atoms with Gasteiger partial charge < -0.3 is 5.32 Å². The standard InChI is InChI=1S/C23H25NO2/c25-22-18-12-7-13-19(22)15-20(14-18)23(26)24-21(16-8-3-1-4-9-16)17-10-5-2-6-11-17/h1-6,8-11,18-21H,7,12-15H2,(H,24,26)/t18-,19+,20?. The molecule has 2 aromatic carbocycles. The van der Waals surface area contributed by atoms with Crippen LogP contribution in [-0.4, -0.2) is 11.7 Å². The molecule has 2 fully saturated rings. The quantitative estimate of drug-likeness (QED) is 0.897. The number of Topliss-reactive ketones (excluding diaryl/α,β-unsaturated/α-hetero) is 1. The van der Waals surface area contributed by atoms with E-state index >= 15 is 0 Å². The molecule has 1 unspecified atom stereocenters. The van der Waals surface area contributed by atoms with Crippen LogP contribution >= 0.6 is 0 Å². The van der Waals surface area contributed by atoms with Gasteiger partial charge >= 0.3 is 0 Å². The van der Waals surface area contributed by atoms with Gasteiger partial charge in [-0.05, 0) is 36.8 Å². The Morgan fingerprint density at radius 2 is 1.35 bits per heavy atom. The molecule has 2 aromatic rings. The Kier molecular flexibility index (Phi) is 4.87. The number of amides is 1. The summed E-state index contributed by atoms with van der Waals surface area (Å²) in [5.74, 6) is 0.656. The number of fused-ring (bicyclic) bond motifs is 2. The van der Waals surface area contributed by atoms with Crippen molar-refractivity contribution in [2.75, 3.05) is 0 Å². The van der Waals surface area contributed by atoms with E-state index in [1.54, 1.807) is 0 Å². The molecule has 3 heteroatoms. The van der Waals surface area contributed by atoms with Gasteiger partial charge in [0.25, 0.3) is 0 Å². The Bertz CT molecular complexity index is 716. The second-order valence-corrected chi connectivity index (χ2v) is 7.66. The van der Waals surface area contributed by atoms with Crippen LogP contribution in [0.2, 0.25) is 0 Å². The van der Waals surface area contributed by atoms with Gasteiger partial charge in [-0.15, -0.1) is 0 Å². The molecule has 26 heavy (non-hydrogen) atoms. The van der Waals surface area contributed by atoms with Gasteiger partial charge in [0.2, 0.25) is 5.91 Å². The lowest BCUT2D eigenvalue weighted by atomic mass is 9.67. The molecule has 0 aliphatic heterocycles. The number of nitrogens with one attached hydrogen (secondary N) is 1. The molecule has 1 amide bonds. The van der Waals surface area contributed by atoms with Crippen LogP contribution < -0.4 is 5.32 Å². The number of hydrogen-bond donors (Lipinski definition) is 1. The summed E-state index contributed by atoms with van der Waals surface area (Å²) in [7, 11) is 0. The summed E-state index contributed by atoms with van der Waals surface area (Å²) in [5.41, 5.74) is 2.17. The maximum absolute atomic E-state index is 13.1. The van der Waals surface area contributed by atoms with Gasteiger partial charge in [0.1, 0.15) is 5.78 Å². The highest BCUT2D eigenvalue weighted by Crippen LogP contribution is 2.40. The van der Waals surface area contributed by atoms with Crippen LogP contribution in [0.1, 0.15) is 49.3 Å². The third kappa shape index (κ3) is 3.44. The number of carbonyl (C=O) groups is 2. The number of carbonyl (C=O) groups excluding carboxylic acids is 2. The lowest BCUT2D eigenvalue weighted by Gasteiger charge is -2.37.